The van der Waals surface area contributed by atoms with Gasteiger partial charge in [-0.05, 0) is 12.0 Å². The van der Waals surface area contributed by atoms with E-state index < -0.39 is 24.0 Å². The summed E-state index contributed by atoms with van der Waals surface area (Å²) in [5, 5.41) is 9.08. The third-order valence-electron chi connectivity index (χ3n) is 4.07. The molecule has 134 valence electrons. The second kappa shape index (κ2) is 7.42. The van der Waals surface area contributed by atoms with Crippen molar-refractivity contribution in [1.29, 1.82) is 0 Å². The molecule has 1 saturated heterocycles. The lowest BCUT2D eigenvalue weighted by Gasteiger charge is -2.20. The molecule has 0 unspecified atom stereocenters. The van der Waals surface area contributed by atoms with Crippen molar-refractivity contribution in [1.82, 2.24) is 4.90 Å². The third kappa shape index (κ3) is 4.63. The molecule has 7 heteroatoms. The number of nitrogens with zero attached hydrogens (tertiary/aromatic N) is 1. The standard InChI is InChI=1S/C17H22F3NO3/c1-11(2)10-24-15-6-4-3-5-12(15)7-21-8-13(16(22)23)14(9-21)17(18,19)20/h3-6,11,13-14H,7-10H2,1-2H3,(H,22,23)/t13-,14-/m1/s1. The van der Waals surface area contributed by atoms with E-state index in [0.717, 1.165) is 5.56 Å². The zero-order chi connectivity index (χ0) is 17.9. The van der Waals surface area contributed by atoms with E-state index >= 15 is 0 Å². The van der Waals surface area contributed by atoms with E-state index in [0.29, 0.717) is 18.3 Å². The van der Waals surface area contributed by atoms with Gasteiger partial charge in [0, 0.05) is 25.2 Å². The first-order valence-electron chi connectivity index (χ1n) is 7.91. The van der Waals surface area contributed by atoms with Crippen LogP contribution in [0.4, 0.5) is 13.2 Å². The van der Waals surface area contributed by atoms with E-state index in [4.69, 9.17) is 9.84 Å². The Bertz CT molecular complexity index is 574. The molecule has 4 nitrogen and oxygen atoms in total. The Morgan fingerprint density at radius 2 is 2.00 bits per heavy atom. The molecule has 1 aromatic rings. The van der Waals surface area contributed by atoms with Gasteiger partial charge < -0.3 is 9.84 Å². The first kappa shape index (κ1) is 18.6. The van der Waals surface area contributed by atoms with Crippen LogP contribution in [-0.4, -0.2) is 41.8 Å². The number of halogens is 3. The molecule has 1 heterocycles. The van der Waals surface area contributed by atoms with Crippen molar-refractivity contribution >= 4 is 5.97 Å². The van der Waals surface area contributed by atoms with E-state index in [9.17, 15) is 18.0 Å². The number of aliphatic carboxylic acids is 1. The number of ether oxygens (including phenoxy) is 1. The summed E-state index contributed by atoms with van der Waals surface area (Å²) in [7, 11) is 0. The first-order valence-corrected chi connectivity index (χ1v) is 7.91. The number of carboxylic acid groups (broad SMARTS) is 1. The lowest BCUT2D eigenvalue weighted by atomic mass is 9.96. The minimum Gasteiger partial charge on any atom is -0.493 e. The lowest BCUT2D eigenvalue weighted by molar-refractivity contribution is -0.188. The fourth-order valence-electron chi connectivity index (χ4n) is 2.87. The van der Waals surface area contributed by atoms with Crippen molar-refractivity contribution in [3.05, 3.63) is 29.8 Å². The minimum absolute atomic E-state index is 0.113. The van der Waals surface area contributed by atoms with Crippen molar-refractivity contribution in [3.8, 4) is 5.75 Å². The molecule has 1 N–H and O–H groups in total. The summed E-state index contributed by atoms with van der Waals surface area (Å²) >= 11 is 0. The summed E-state index contributed by atoms with van der Waals surface area (Å²) in [6.45, 7) is 4.35. The zero-order valence-corrected chi connectivity index (χ0v) is 13.7. The van der Waals surface area contributed by atoms with Gasteiger partial charge in [-0.1, -0.05) is 32.0 Å². The lowest BCUT2D eigenvalue weighted by Crippen LogP contribution is -2.33. The molecule has 2 rings (SSSR count). The van der Waals surface area contributed by atoms with Crippen LogP contribution in [0.5, 0.6) is 5.75 Å². The number of carbonyl (C=O) groups is 1. The number of alkyl halides is 3. The summed E-state index contributed by atoms with van der Waals surface area (Å²) in [6.07, 6.45) is -4.51. The molecule has 1 fully saturated rings. The molecule has 24 heavy (non-hydrogen) atoms. The highest BCUT2D eigenvalue weighted by molar-refractivity contribution is 5.71. The van der Waals surface area contributed by atoms with E-state index in [-0.39, 0.29) is 19.6 Å². The summed E-state index contributed by atoms with van der Waals surface area (Å²) in [5.41, 5.74) is 0.769. The van der Waals surface area contributed by atoms with Gasteiger partial charge in [0.05, 0.1) is 18.4 Å². The quantitative estimate of drug-likeness (QED) is 0.858. The van der Waals surface area contributed by atoms with E-state index in [1.807, 2.05) is 19.9 Å². The van der Waals surface area contributed by atoms with E-state index in [1.165, 1.54) is 4.90 Å². The van der Waals surface area contributed by atoms with Crippen LogP contribution in [0.2, 0.25) is 0 Å². The van der Waals surface area contributed by atoms with Gasteiger partial charge in [-0.2, -0.15) is 13.2 Å². The second-order valence-corrected chi connectivity index (χ2v) is 6.60. The largest absolute Gasteiger partial charge is 0.493 e. The predicted molar refractivity (Wildman–Crippen MR) is 82.7 cm³/mol. The maximum absolute atomic E-state index is 13.1. The van der Waals surface area contributed by atoms with Gasteiger partial charge in [-0.3, -0.25) is 9.69 Å². The molecule has 0 aromatic heterocycles. The van der Waals surface area contributed by atoms with Gasteiger partial charge in [0.15, 0.2) is 0 Å². The monoisotopic (exact) mass is 345 g/mol. The van der Waals surface area contributed by atoms with Gasteiger partial charge >= 0.3 is 12.1 Å². The van der Waals surface area contributed by atoms with Gasteiger partial charge in [0.1, 0.15) is 5.75 Å². The number of benzene rings is 1. The number of hydrogen-bond acceptors (Lipinski definition) is 3. The molecule has 0 bridgehead atoms. The molecule has 1 aliphatic rings. The van der Waals surface area contributed by atoms with Gasteiger partial charge in [-0.15, -0.1) is 0 Å². The maximum atomic E-state index is 13.1. The number of rotatable bonds is 6. The van der Waals surface area contributed by atoms with Crippen LogP contribution >= 0.6 is 0 Å². The molecule has 1 aromatic carbocycles. The number of hydrogen-bond donors (Lipinski definition) is 1. The fraction of sp³-hybridized carbons (Fsp3) is 0.588. The smallest absolute Gasteiger partial charge is 0.393 e. The highest BCUT2D eigenvalue weighted by atomic mass is 19.4. The Labute approximate surface area is 139 Å². The molecule has 1 aliphatic heterocycles. The molecular formula is C17H22F3NO3. The highest BCUT2D eigenvalue weighted by Gasteiger charge is 2.52. The first-order chi connectivity index (χ1) is 11.2. The van der Waals surface area contributed by atoms with Crippen LogP contribution in [0.1, 0.15) is 19.4 Å². The SMILES string of the molecule is CC(C)COc1ccccc1CN1C[C@@H](C(F)(F)F)[C@H](C(=O)O)C1. The number of para-hydroxylation sites is 1. The zero-order valence-electron chi connectivity index (χ0n) is 13.7. The predicted octanol–water partition coefficient (Wildman–Crippen LogP) is 3.42. The summed E-state index contributed by atoms with van der Waals surface area (Å²) in [5.74, 6) is -3.69. The second-order valence-electron chi connectivity index (χ2n) is 6.60. The van der Waals surface area contributed by atoms with Crippen LogP contribution in [0.15, 0.2) is 24.3 Å². The van der Waals surface area contributed by atoms with Crippen LogP contribution < -0.4 is 4.74 Å². The highest BCUT2D eigenvalue weighted by Crippen LogP contribution is 2.38. The Kier molecular flexibility index (Phi) is 5.74. The summed E-state index contributed by atoms with van der Waals surface area (Å²) in [4.78, 5) is 12.7. The van der Waals surface area contributed by atoms with Crippen molar-refractivity contribution in [2.75, 3.05) is 19.7 Å². The summed E-state index contributed by atoms with van der Waals surface area (Å²) in [6, 6.07) is 7.18. The molecule has 0 aliphatic carbocycles. The van der Waals surface area contributed by atoms with E-state index in [1.54, 1.807) is 18.2 Å². The van der Waals surface area contributed by atoms with Gasteiger partial charge in [0.2, 0.25) is 0 Å². The van der Waals surface area contributed by atoms with Crippen molar-refractivity contribution in [2.45, 2.75) is 26.6 Å². The van der Waals surface area contributed by atoms with Crippen LogP contribution in [0.25, 0.3) is 0 Å². The Morgan fingerprint density at radius 3 is 2.54 bits per heavy atom. The third-order valence-corrected chi connectivity index (χ3v) is 4.07. The maximum Gasteiger partial charge on any atom is 0.393 e. The van der Waals surface area contributed by atoms with Crippen LogP contribution in [-0.2, 0) is 11.3 Å². The van der Waals surface area contributed by atoms with Gasteiger partial charge in [0.25, 0.3) is 0 Å². The average Bonchev–Trinajstić information content (AvgIpc) is 2.90. The van der Waals surface area contributed by atoms with Crippen LogP contribution in [0.3, 0.4) is 0 Å². The normalized spacial score (nSPS) is 22.1. The van der Waals surface area contributed by atoms with E-state index in [2.05, 4.69) is 0 Å². The Morgan fingerprint density at radius 1 is 1.33 bits per heavy atom. The summed E-state index contributed by atoms with van der Waals surface area (Å²) < 4.78 is 44.9. The number of likely N-dealkylation sites (tertiary alicyclic amines) is 1. The molecule has 0 spiro atoms. The number of carboxylic acids is 1. The molecule has 0 saturated carbocycles. The Hall–Kier alpha value is -1.76. The van der Waals surface area contributed by atoms with Crippen molar-refractivity contribution in [2.24, 2.45) is 17.8 Å². The molecule has 0 radical (unpaired) electrons. The van der Waals surface area contributed by atoms with Crippen LogP contribution in [0, 0.1) is 17.8 Å². The fourth-order valence-corrected chi connectivity index (χ4v) is 2.87. The molecular weight excluding hydrogens is 323 g/mol. The van der Waals surface area contributed by atoms with Gasteiger partial charge in [-0.25, -0.2) is 0 Å². The molecule has 2 atom stereocenters. The topological polar surface area (TPSA) is 49.8 Å². The Balaban J connectivity index is 2.10. The van der Waals surface area contributed by atoms with Crippen molar-refractivity contribution < 1.29 is 27.8 Å². The molecule has 0 amide bonds. The minimum atomic E-state index is -4.51. The van der Waals surface area contributed by atoms with Crippen molar-refractivity contribution in [3.63, 3.8) is 0 Å². The average molecular weight is 345 g/mol.